The Morgan fingerprint density at radius 1 is 1.41 bits per heavy atom. The van der Waals surface area contributed by atoms with Crippen molar-refractivity contribution < 1.29 is 14.6 Å². The van der Waals surface area contributed by atoms with E-state index >= 15 is 0 Å². The van der Waals surface area contributed by atoms with Crippen molar-refractivity contribution in [3.05, 3.63) is 17.5 Å². The molecule has 7 heteroatoms. The molecule has 2 fully saturated rings. The molecule has 3 rings (SSSR count). The fraction of sp³-hybridized carbons (Fsp3) is 0.733. The predicted molar refractivity (Wildman–Crippen MR) is 80.5 cm³/mol. The molecule has 0 spiro atoms. The van der Waals surface area contributed by atoms with Gasteiger partial charge in [0.1, 0.15) is 0 Å². The van der Waals surface area contributed by atoms with Crippen LogP contribution in [0.25, 0.3) is 0 Å². The molecule has 1 aromatic heterocycles. The summed E-state index contributed by atoms with van der Waals surface area (Å²) in [5.41, 5.74) is 2.42. The van der Waals surface area contributed by atoms with Crippen molar-refractivity contribution >= 4 is 5.97 Å². The van der Waals surface area contributed by atoms with Crippen molar-refractivity contribution in [3.63, 3.8) is 0 Å². The van der Waals surface area contributed by atoms with Crippen molar-refractivity contribution in [2.45, 2.75) is 19.5 Å². The first-order valence-electron chi connectivity index (χ1n) is 7.76. The molecule has 3 heterocycles. The Bertz CT molecular complexity index is 545. The minimum atomic E-state index is -0.754. The monoisotopic (exact) mass is 308 g/mol. The Hall–Kier alpha value is -1.44. The Balaban J connectivity index is 1.74. The van der Waals surface area contributed by atoms with E-state index in [2.05, 4.69) is 21.8 Å². The molecule has 0 radical (unpaired) electrons. The number of aryl methyl sites for hydroxylation is 1. The molecule has 1 N–H and O–H groups in total. The van der Waals surface area contributed by atoms with Gasteiger partial charge in [0.25, 0.3) is 0 Å². The lowest BCUT2D eigenvalue weighted by molar-refractivity contribution is -0.138. The zero-order chi connectivity index (χ0) is 15.7. The number of carbonyl (C=O) groups is 1. The summed E-state index contributed by atoms with van der Waals surface area (Å²) in [6.45, 7) is 6.95. The van der Waals surface area contributed by atoms with Crippen LogP contribution < -0.4 is 0 Å². The predicted octanol–water partition coefficient (Wildman–Crippen LogP) is -0.0543. The summed E-state index contributed by atoms with van der Waals surface area (Å²) in [5.74, 6) is -0.389. The molecule has 7 nitrogen and oxygen atoms in total. The summed E-state index contributed by atoms with van der Waals surface area (Å²) in [6.07, 6.45) is 1.93. The number of rotatable bonds is 4. The highest BCUT2D eigenvalue weighted by molar-refractivity contribution is 5.69. The fourth-order valence-corrected chi connectivity index (χ4v) is 3.46. The standard InChI is InChI=1S/C15H24N4O3/c1-11-13(3-16-17(11)2)6-19-5-12-4-18(8-15(20)21)7-14(19)10-22-9-12/h3,12,14H,4-10H2,1-2H3,(H,20,21)/t12-,14-/m0/s1. The first-order valence-corrected chi connectivity index (χ1v) is 7.76. The Labute approximate surface area is 130 Å². The van der Waals surface area contributed by atoms with Gasteiger partial charge in [-0.1, -0.05) is 0 Å². The number of aromatic nitrogens is 2. The highest BCUT2D eigenvalue weighted by atomic mass is 16.5. The van der Waals surface area contributed by atoms with Crippen LogP contribution in [-0.4, -0.2) is 76.1 Å². The molecule has 0 aromatic carbocycles. The number of carboxylic acid groups (broad SMARTS) is 1. The van der Waals surface area contributed by atoms with Gasteiger partial charge >= 0.3 is 5.97 Å². The SMILES string of the molecule is Cc1c(CN2C[C@H]3COC[C@@H]2CN(CC(=O)O)C3)cnn1C. The molecule has 2 bridgehead atoms. The molecular formula is C15H24N4O3. The van der Waals surface area contributed by atoms with Gasteiger partial charge in [-0.15, -0.1) is 0 Å². The summed E-state index contributed by atoms with van der Waals surface area (Å²) in [5, 5.41) is 13.4. The molecule has 0 saturated carbocycles. The van der Waals surface area contributed by atoms with E-state index < -0.39 is 5.97 Å². The first kappa shape index (κ1) is 15.5. The van der Waals surface area contributed by atoms with E-state index in [0.29, 0.717) is 12.5 Å². The van der Waals surface area contributed by atoms with Gasteiger partial charge in [-0.05, 0) is 6.92 Å². The molecule has 1 aromatic rings. The number of ether oxygens (including phenoxy) is 1. The lowest BCUT2D eigenvalue weighted by Gasteiger charge is -2.30. The summed E-state index contributed by atoms with van der Waals surface area (Å²) < 4.78 is 7.68. The molecule has 0 unspecified atom stereocenters. The maximum atomic E-state index is 11.0. The smallest absolute Gasteiger partial charge is 0.317 e. The second-order valence-electron chi connectivity index (χ2n) is 6.45. The third kappa shape index (κ3) is 3.31. The van der Waals surface area contributed by atoms with Crippen molar-refractivity contribution in [1.29, 1.82) is 0 Å². The van der Waals surface area contributed by atoms with Gasteiger partial charge in [0.2, 0.25) is 0 Å². The zero-order valence-corrected chi connectivity index (χ0v) is 13.2. The number of hydrogen-bond donors (Lipinski definition) is 1. The van der Waals surface area contributed by atoms with Crippen LogP contribution in [0.4, 0.5) is 0 Å². The molecule has 2 atom stereocenters. The van der Waals surface area contributed by atoms with Gasteiger partial charge in [-0.25, -0.2) is 0 Å². The third-order valence-corrected chi connectivity index (χ3v) is 4.73. The maximum Gasteiger partial charge on any atom is 0.317 e. The van der Waals surface area contributed by atoms with Gasteiger partial charge in [0.05, 0.1) is 26.0 Å². The Morgan fingerprint density at radius 2 is 2.23 bits per heavy atom. The van der Waals surface area contributed by atoms with Gasteiger partial charge < -0.3 is 9.84 Å². The van der Waals surface area contributed by atoms with Crippen LogP contribution in [0.15, 0.2) is 6.20 Å². The summed E-state index contributed by atoms with van der Waals surface area (Å²) in [4.78, 5) is 15.5. The number of fused-ring (bicyclic) bond motifs is 3. The molecular weight excluding hydrogens is 284 g/mol. The summed E-state index contributed by atoms with van der Waals surface area (Å²) >= 11 is 0. The minimum Gasteiger partial charge on any atom is -0.480 e. The Kier molecular flexibility index (Phi) is 4.46. The molecule has 22 heavy (non-hydrogen) atoms. The maximum absolute atomic E-state index is 11.0. The second-order valence-corrected chi connectivity index (χ2v) is 6.45. The lowest BCUT2D eigenvalue weighted by Crippen LogP contribution is -2.44. The van der Waals surface area contributed by atoms with Gasteiger partial charge in [-0.2, -0.15) is 5.10 Å². The average Bonchev–Trinajstić information content (AvgIpc) is 2.62. The van der Waals surface area contributed by atoms with Crippen LogP contribution in [-0.2, 0) is 23.1 Å². The van der Waals surface area contributed by atoms with E-state index in [1.807, 2.05) is 17.9 Å². The molecule has 2 saturated heterocycles. The fourth-order valence-electron chi connectivity index (χ4n) is 3.46. The van der Waals surface area contributed by atoms with Crippen LogP contribution in [0.1, 0.15) is 11.3 Å². The molecule has 0 amide bonds. The summed E-state index contributed by atoms with van der Waals surface area (Å²) in [6, 6.07) is 0.242. The van der Waals surface area contributed by atoms with E-state index in [-0.39, 0.29) is 12.6 Å². The quantitative estimate of drug-likeness (QED) is 0.841. The van der Waals surface area contributed by atoms with Crippen molar-refractivity contribution in [2.75, 3.05) is 39.4 Å². The van der Waals surface area contributed by atoms with Gasteiger partial charge in [0.15, 0.2) is 0 Å². The van der Waals surface area contributed by atoms with Crippen molar-refractivity contribution in [1.82, 2.24) is 19.6 Å². The van der Waals surface area contributed by atoms with E-state index in [1.165, 1.54) is 11.3 Å². The van der Waals surface area contributed by atoms with E-state index in [9.17, 15) is 4.79 Å². The summed E-state index contributed by atoms with van der Waals surface area (Å²) in [7, 11) is 1.96. The molecule has 0 aliphatic carbocycles. The van der Waals surface area contributed by atoms with Gasteiger partial charge in [0, 0.05) is 56.4 Å². The zero-order valence-electron chi connectivity index (χ0n) is 13.2. The van der Waals surface area contributed by atoms with Crippen LogP contribution >= 0.6 is 0 Å². The minimum absolute atomic E-state index is 0.118. The number of nitrogens with zero attached hydrogens (tertiary/aromatic N) is 4. The van der Waals surface area contributed by atoms with Gasteiger partial charge in [-0.3, -0.25) is 19.3 Å². The van der Waals surface area contributed by atoms with Crippen LogP contribution in [0.5, 0.6) is 0 Å². The molecule has 2 aliphatic heterocycles. The van der Waals surface area contributed by atoms with Crippen molar-refractivity contribution in [3.8, 4) is 0 Å². The highest BCUT2D eigenvalue weighted by Gasteiger charge is 2.34. The van der Waals surface area contributed by atoms with E-state index in [0.717, 1.165) is 32.8 Å². The average molecular weight is 308 g/mol. The van der Waals surface area contributed by atoms with Crippen LogP contribution in [0.3, 0.4) is 0 Å². The molecule has 2 aliphatic rings. The number of hydrogen-bond acceptors (Lipinski definition) is 5. The topological polar surface area (TPSA) is 70.8 Å². The number of aliphatic carboxylic acids is 1. The van der Waals surface area contributed by atoms with Crippen molar-refractivity contribution in [2.24, 2.45) is 13.0 Å². The van der Waals surface area contributed by atoms with E-state index in [4.69, 9.17) is 9.84 Å². The number of carboxylic acids is 1. The molecule has 122 valence electrons. The second kappa shape index (κ2) is 6.36. The highest BCUT2D eigenvalue weighted by Crippen LogP contribution is 2.22. The third-order valence-electron chi connectivity index (χ3n) is 4.73. The first-order chi connectivity index (χ1) is 10.5. The Morgan fingerprint density at radius 3 is 2.91 bits per heavy atom. The van der Waals surface area contributed by atoms with E-state index in [1.54, 1.807) is 0 Å². The van der Waals surface area contributed by atoms with Crippen LogP contribution in [0, 0.1) is 12.8 Å². The lowest BCUT2D eigenvalue weighted by atomic mass is 10.1. The normalized spacial score (nSPS) is 26.8. The largest absolute Gasteiger partial charge is 0.480 e. The van der Waals surface area contributed by atoms with Crippen LogP contribution in [0.2, 0.25) is 0 Å².